The maximum absolute atomic E-state index is 10.3. The second kappa shape index (κ2) is 7.73. The first kappa shape index (κ1) is 16.9. The van der Waals surface area contributed by atoms with Crippen molar-refractivity contribution >= 4 is 17.3 Å². The molecule has 6 heteroatoms. The van der Waals surface area contributed by atoms with Gasteiger partial charge in [-0.3, -0.25) is 0 Å². The van der Waals surface area contributed by atoms with E-state index < -0.39 is 6.10 Å². The number of methoxy groups -OCH3 is 2. The van der Waals surface area contributed by atoms with Crippen molar-refractivity contribution in [2.45, 2.75) is 6.10 Å². The van der Waals surface area contributed by atoms with Crippen LogP contribution in [-0.2, 0) is 0 Å². The van der Waals surface area contributed by atoms with E-state index in [0.717, 1.165) is 5.69 Å². The van der Waals surface area contributed by atoms with Crippen molar-refractivity contribution in [1.29, 1.82) is 5.26 Å². The van der Waals surface area contributed by atoms with Gasteiger partial charge in [-0.2, -0.15) is 5.26 Å². The molecule has 0 bridgehead atoms. The van der Waals surface area contributed by atoms with Crippen molar-refractivity contribution in [1.82, 2.24) is 0 Å². The highest BCUT2D eigenvalue weighted by molar-refractivity contribution is 6.32. The van der Waals surface area contributed by atoms with Gasteiger partial charge >= 0.3 is 0 Å². The molecular formula is C17H17ClN2O3. The van der Waals surface area contributed by atoms with Crippen LogP contribution in [0.15, 0.2) is 36.4 Å². The van der Waals surface area contributed by atoms with Gasteiger partial charge in [-0.25, -0.2) is 0 Å². The summed E-state index contributed by atoms with van der Waals surface area (Å²) in [6.07, 6.45) is -0.756. The minimum Gasteiger partial charge on any atom is -0.497 e. The molecule has 0 heterocycles. The number of hydrogen-bond acceptors (Lipinski definition) is 5. The predicted octanol–water partition coefficient (Wildman–Crippen LogP) is 3.37. The lowest BCUT2D eigenvalue weighted by Gasteiger charge is -2.15. The Hall–Kier alpha value is -2.42. The zero-order valence-electron chi connectivity index (χ0n) is 12.8. The lowest BCUT2D eigenvalue weighted by atomic mass is 10.1. The summed E-state index contributed by atoms with van der Waals surface area (Å²) in [6.45, 7) is 0.276. The third-order valence-electron chi connectivity index (χ3n) is 3.35. The highest BCUT2D eigenvalue weighted by Gasteiger charge is 2.11. The summed E-state index contributed by atoms with van der Waals surface area (Å²) in [5.74, 6) is 1.22. The maximum atomic E-state index is 10.3. The normalized spacial score (nSPS) is 11.4. The minimum absolute atomic E-state index is 0.276. The lowest BCUT2D eigenvalue weighted by molar-refractivity contribution is 0.190. The number of aliphatic hydroxyl groups is 1. The molecule has 1 atom stereocenters. The molecule has 0 radical (unpaired) electrons. The third-order valence-corrected chi connectivity index (χ3v) is 3.66. The molecule has 0 amide bonds. The number of rotatable bonds is 6. The van der Waals surface area contributed by atoms with Crippen molar-refractivity contribution in [3.05, 3.63) is 52.5 Å². The number of hydrogen-bond donors (Lipinski definition) is 2. The van der Waals surface area contributed by atoms with Crippen molar-refractivity contribution in [3.63, 3.8) is 0 Å². The Morgan fingerprint density at radius 3 is 2.35 bits per heavy atom. The summed E-state index contributed by atoms with van der Waals surface area (Å²) in [7, 11) is 3.11. The van der Waals surface area contributed by atoms with Gasteiger partial charge < -0.3 is 19.9 Å². The third kappa shape index (κ3) is 4.28. The van der Waals surface area contributed by atoms with Gasteiger partial charge in [0.1, 0.15) is 17.6 Å². The van der Waals surface area contributed by atoms with Gasteiger partial charge in [0.05, 0.1) is 30.9 Å². The molecule has 5 nitrogen and oxygen atoms in total. The monoisotopic (exact) mass is 332 g/mol. The van der Waals surface area contributed by atoms with Crippen molar-refractivity contribution in [3.8, 4) is 17.6 Å². The molecule has 0 saturated heterocycles. The zero-order chi connectivity index (χ0) is 16.8. The van der Waals surface area contributed by atoms with Crippen LogP contribution in [0.5, 0.6) is 11.5 Å². The van der Waals surface area contributed by atoms with E-state index in [1.165, 1.54) is 0 Å². The summed E-state index contributed by atoms with van der Waals surface area (Å²) < 4.78 is 10.4. The summed E-state index contributed by atoms with van der Waals surface area (Å²) in [4.78, 5) is 0. The number of halogens is 1. The van der Waals surface area contributed by atoms with E-state index in [0.29, 0.717) is 27.6 Å². The van der Waals surface area contributed by atoms with Gasteiger partial charge in [-0.15, -0.1) is 0 Å². The molecule has 0 aromatic heterocycles. The molecule has 0 aliphatic carbocycles. The number of nitriles is 1. The molecule has 0 spiro atoms. The fourth-order valence-electron chi connectivity index (χ4n) is 2.07. The minimum atomic E-state index is -0.756. The molecule has 0 saturated carbocycles. The Morgan fingerprint density at radius 2 is 1.83 bits per heavy atom. The first-order valence-electron chi connectivity index (χ1n) is 6.92. The number of aliphatic hydroxyl groups excluding tert-OH is 1. The first-order chi connectivity index (χ1) is 11.1. The number of nitrogens with zero attached hydrogens (tertiary/aromatic N) is 1. The lowest BCUT2D eigenvalue weighted by Crippen LogP contribution is -2.12. The Labute approximate surface area is 140 Å². The second-order valence-corrected chi connectivity index (χ2v) is 5.26. The Morgan fingerprint density at radius 1 is 1.17 bits per heavy atom. The van der Waals surface area contributed by atoms with Crippen LogP contribution in [-0.4, -0.2) is 25.9 Å². The summed E-state index contributed by atoms with van der Waals surface area (Å²) in [5.41, 5.74) is 1.81. The van der Waals surface area contributed by atoms with E-state index in [-0.39, 0.29) is 6.54 Å². The van der Waals surface area contributed by atoms with Crippen molar-refractivity contribution < 1.29 is 14.6 Å². The number of nitrogens with one attached hydrogen (secondary N) is 1. The van der Waals surface area contributed by atoms with E-state index in [1.807, 2.05) is 6.07 Å². The van der Waals surface area contributed by atoms with Gasteiger partial charge in [-0.1, -0.05) is 11.6 Å². The molecule has 0 aliphatic heterocycles. The predicted molar refractivity (Wildman–Crippen MR) is 89.2 cm³/mol. The first-order valence-corrected chi connectivity index (χ1v) is 7.29. The van der Waals surface area contributed by atoms with Crippen LogP contribution in [0.2, 0.25) is 5.02 Å². The second-order valence-electron chi connectivity index (χ2n) is 4.85. The average Bonchev–Trinajstić information content (AvgIpc) is 2.59. The molecule has 0 fully saturated rings. The summed E-state index contributed by atoms with van der Waals surface area (Å²) >= 11 is 5.98. The molecule has 2 aromatic carbocycles. The van der Waals surface area contributed by atoms with Gasteiger partial charge in [0.2, 0.25) is 0 Å². The van der Waals surface area contributed by atoms with Crippen LogP contribution in [0.1, 0.15) is 17.2 Å². The highest BCUT2D eigenvalue weighted by atomic mass is 35.5. The SMILES string of the molecule is COc1cc(OC)cc(C(O)CNc2ccc(C#N)c(Cl)c2)c1. The molecule has 1 unspecified atom stereocenters. The Bertz CT molecular complexity index is 706. The van der Waals surface area contributed by atoms with Gasteiger partial charge in [-0.05, 0) is 35.9 Å². The number of benzene rings is 2. The van der Waals surface area contributed by atoms with Gasteiger partial charge in [0, 0.05) is 18.3 Å². The van der Waals surface area contributed by atoms with E-state index in [9.17, 15) is 5.11 Å². The number of anilines is 1. The van der Waals surface area contributed by atoms with Crippen LogP contribution >= 0.6 is 11.6 Å². The molecule has 0 aliphatic rings. The fraction of sp³-hybridized carbons (Fsp3) is 0.235. The number of ether oxygens (including phenoxy) is 2. The van der Waals surface area contributed by atoms with Crippen LogP contribution in [0.3, 0.4) is 0 Å². The van der Waals surface area contributed by atoms with Gasteiger partial charge in [0.25, 0.3) is 0 Å². The molecule has 120 valence electrons. The quantitative estimate of drug-likeness (QED) is 0.848. The fourth-order valence-corrected chi connectivity index (χ4v) is 2.29. The summed E-state index contributed by atoms with van der Waals surface area (Å²) in [6, 6.07) is 12.3. The molecule has 2 rings (SSSR count). The van der Waals surface area contributed by atoms with E-state index in [1.54, 1.807) is 50.6 Å². The van der Waals surface area contributed by atoms with Crippen molar-refractivity contribution in [2.24, 2.45) is 0 Å². The average molecular weight is 333 g/mol. The Balaban J connectivity index is 2.09. The molecule has 2 N–H and O–H groups in total. The van der Waals surface area contributed by atoms with Gasteiger partial charge in [0.15, 0.2) is 0 Å². The van der Waals surface area contributed by atoms with E-state index >= 15 is 0 Å². The maximum Gasteiger partial charge on any atom is 0.122 e. The van der Waals surface area contributed by atoms with Crippen LogP contribution in [0.25, 0.3) is 0 Å². The van der Waals surface area contributed by atoms with Crippen LogP contribution < -0.4 is 14.8 Å². The smallest absolute Gasteiger partial charge is 0.122 e. The topological polar surface area (TPSA) is 74.5 Å². The molecule has 2 aromatic rings. The Kier molecular flexibility index (Phi) is 5.69. The standard InChI is InChI=1S/C17H17ClN2O3/c1-22-14-5-12(6-15(8-14)23-2)17(21)10-20-13-4-3-11(9-19)16(18)7-13/h3-8,17,20-21H,10H2,1-2H3. The largest absolute Gasteiger partial charge is 0.497 e. The van der Waals surface area contributed by atoms with E-state index in [4.69, 9.17) is 26.3 Å². The van der Waals surface area contributed by atoms with Crippen LogP contribution in [0.4, 0.5) is 5.69 Å². The highest BCUT2D eigenvalue weighted by Crippen LogP contribution is 2.27. The summed E-state index contributed by atoms with van der Waals surface area (Å²) in [5, 5.41) is 22.6. The van der Waals surface area contributed by atoms with Crippen molar-refractivity contribution in [2.75, 3.05) is 26.1 Å². The van der Waals surface area contributed by atoms with Crippen LogP contribution in [0, 0.1) is 11.3 Å². The zero-order valence-corrected chi connectivity index (χ0v) is 13.6. The molecular weight excluding hydrogens is 316 g/mol. The molecule has 23 heavy (non-hydrogen) atoms. The van der Waals surface area contributed by atoms with E-state index in [2.05, 4.69) is 5.32 Å².